The Balaban J connectivity index is 0.00000420. The Labute approximate surface area is 189 Å². The van der Waals surface area contributed by atoms with Crippen molar-refractivity contribution in [3.05, 3.63) is 0 Å². The molecule has 0 radical (unpaired) electrons. The zero-order chi connectivity index (χ0) is 20.8. The van der Waals surface area contributed by atoms with E-state index in [1.807, 2.05) is 6.92 Å². The minimum absolute atomic E-state index is 0. The Hall–Kier alpha value is -0.300. The summed E-state index contributed by atoms with van der Waals surface area (Å²) in [6, 6.07) is 0. The van der Waals surface area contributed by atoms with E-state index >= 15 is 0 Å². The Bertz CT molecular complexity index is 615. The number of guanidine groups is 1. The number of alkyl halides is 3. The molecule has 0 unspecified atom stereocenters. The molecule has 0 bridgehead atoms. The highest BCUT2D eigenvalue weighted by molar-refractivity contribution is 14.0. The van der Waals surface area contributed by atoms with E-state index < -0.39 is 15.5 Å². The molecule has 172 valence electrons. The second kappa shape index (κ2) is 11.9. The molecule has 0 aromatic carbocycles. The highest BCUT2D eigenvalue weighted by Gasteiger charge is 2.50. The number of nitrogens with zero attached hydrogens (tertiary/aromatic N) is 2. The van der Waals surface area contributed by atoms with Gasteiger partial charge in [-0.25, -0.2) is 8.42 Å². The van der Waals surface area contributed by atoms with Gasteiger partial charge in [0.25, 0.3) is 0 Å². The molecule has 2 aliphatic rings. The number of piperidine rings is 1. The van der Waals surface area contributed by atoms with Crippen LogP contribution in [-0.4, -0.2) is 56.9 Å². The molecule has 0 amide bonds. The zero-order valence-electron chi connectivity index (χ0n) is 17.2. The third-order valence-electron chi connectivity index (χ3n) is 5.75. The standard InChI is InChI=1S/C18H33F3N4O2S.HI/c1-3-22-17(23-12-15-6-4-14(2)5-7-15)24-13-16-8-10-25(11-9-16)28(26,27)18(19,20)21;/h14-16H,3-13H2,1-2H3,(H2,22,23,24);1H. The first-order valence-corrected chi connectivity index (χ1v) is 11.7. The Morgan fingerprint density at radius 1 is 1.03 bits per heavy atom. The molecule has 1 saturated carbocycles. The maximum Gasteiger partial charge on any atom is 0.511 e. The van der Waals surface area contributed by atoms with E-state index in [1.54, 1.807) is 0 Å². The Morgan fingerprint density at radius 3 is 2.14 bits per heavy atom. The van der Waals surface area contributed by atoms with E-state index in [2.05, 4.69) is 22.5 Å². The number of halogens is 4. The van der Waals surface area contributed by atoms with E-state index in [4.69, 9.17) is 0 Å². The van der Waals surface area contributed by atoms with Crippen molar-refractivity contribution in [3.8, 4) is 0 Å². The van der Waals surface area contributed by atoms with Gasteiger partial charge in [-0.2, -0.15) is 17.5 Å². The van der Waals surface area contributed by atoms with E-state index in [-0.39, 0.29) is 43.0 Å². The zero-order valence-corrected chi connectivity index (χ0v) is 20.3. The molecule has 2 rings (SSSR count). The molecule has 2 fully saturated rings. The molecule has 0 atom stereocenters. The Kier molecular flexibility index (Phi) is 11.0. The van der Waals surface area contributed by atoms with Crippen LogP contribution in [0.2, 0.25) is 0 Å². The predicted molar refractivity (Wildman–Crippen MR) is 120 cm³/mol. The maximum atomic E-state index is 12.6. The van der Waals surface area contributed by atoms with Gasteiger partial charge in [0.05, 0.1) is 0 Å². The highest BCUT2D eigenvalue weighted by atomic mass is 127. The van der Waals surface area contributed by atoms with Gasteiger partial charge in [0.15, 0.2) is 5.96 Å². The van der Waals surface area contributed by atoms with Gasteiger partial charge in [-0.3, -0.25) is 4.99 Å². The largest absolute Gasteiger partial charge is 0.511 e. The molecule has 1 aliphatic heterocycles. The summed E-state index contributed by atoms with van der Waals surface area (Å²) in [7, 11) is -5.21. The fourth-order valence-corrected chi connectivity index (χ4v) is 4.80. The maximum absolute atomic E-state index is 12.6. The molecule has 2 N–H and O–H groups in total. The van der Waals surface area contributed by atoms with Crippen LogP contribution in [0.3, 0.4) is 0 Å². The summed E-state index contributed by atoms with van der Waals surface area (Å²) in [5, 5.41) is 6.48. The number of sulfonamides is 1. The molecule has 1 aliphatic carbocycles. The fraction of sp³-hybridized carbons (Fsp3) is 0.944. The van der Waals surface area contributed by atoms with E-state index in [1.165, 1.54) is 25.7 Å². The van der Waals surface area contributed by atoms with Gasteiger partial charge in [-0.15, -0.1) is 24.0 Å². The lowest BCUT2D eigenvalue weighted by Crippen LogP contribution is -2.47. The average molecular weight is 554 g/mol. The van der Waals surface area contributed by atoms with Gasteiger partial charge in [0.2, 0.25) is 0 Å². The van der Waals surface area contributed by atoms with Crippen LogP contribution in [-0.2, 0) is 10.0 Å². The van der Waals surface area contributed by atoms with Crippen molar-refractivity contribution in [1.29, 1.82) is 0 Å². The first-order valence-electron chi connectivity index (χ1n) is 10.2. The van der Waals surface area contributed by atoms with E-state index in [9.17, 15) is 21.6 Å². The SMILES string of the molecule is CCNC(=NCC1CCC(C)CC1)NCC1CCN(S(=O)(=O)C(F)(F)F)CC1.I. The summed E-state index contributed by atoms with van der Waals surface area (Å²) in [5.41, 5.74) is -5.22. The van der Waals surface area contributed by atoms with Crippen LogP contribution in [0.1, 0.15) is 52.4 Å². The summed E-state index contributed by atoms with van der Waals surface area (Å²) in [6.45, 7) is 6.17. The summed E-state index contributed by atoms with van der Waals surface area (Å²) in [6.07, 6.45) is 5.73. The number of rotatable bonds is 6. The van der Waals surface area contributed by atoms with Crippen LogP contribution in [0.5, 0.6) is 0 Å². The van der Waals surface area contributed by atoms with Crippen molar-refractivity contribution in [2.45, 2.75) is 57.9 Å². The summed E-state index contributed by atoms with van der Waals surface area (Å²) >= 11 is 0. The van der Waals surface area contributed by atoms with Crippen molar-refractivity contribution < 1.29 is 21.6 Å². The Morgan fingerprint density at radius 2 is 1.62 bits per heavy atom. The van der Waals surface area contributed by atoms with Crippen LogP contribution in [0, 0.1) is 17.8 Å². The first kappa shape index (κ1) is 26.7. The minimum Gasteiger partial charge on any atom is -0.357 e. The topological polar surface area (TPSA) is 73.8 Å². The monoisotopic (exact) mass is 554 g/mol. The molecule has 6 nitrogen and oxygen atoms in total. The van der Waals surface area contributed by atoms with Crippen molar-refractivity contribution in [2.75, 3.05) is 32.7 Å². The van der Waals surface area contributed by atoms with Gasteiger partial charge in [0, 0.05) is 32.7 Å². The molecule has 0 aromatic rings. The molecule has 11 heteroatoms. The molecule has 1 saturated heterocycles. The van der Waals surface area contributed by atoms with E-state index in [0.717, 1.165) is 25.0 Å². The summed E-state index contributed by atoms with van der Waals surface area (Å²) in [4.78, 5) is 4.67. The van der Waals surface area contributed by atoms with Crippen molar-refractivity contribution >= 4 is 40.0 Å². The van der Waals surface area contributed by atoms with Gasteiger partial charge in [-0.05, 0) is 50.4 Å². The molecule has 0 spiro atoms. The van der Waals surface area contributed by atoms with E-state index in [0.29, 0.717) is 29.6 Å². The lowest BCUT2D eigenvalue weighted by molar-refractivity contribution is -0.0496. The minimum atomic E-state index is -5.22. The normalized spacial score (nSPS) is 25.3. The van der Waals surface area contributed by atoms with Crippen molar-refractivity contribution in [1.82, 2.24) is 14.9 Å². The average Bonchev–Trinajstić information content (AvgIpc) is 2.65. The van der Waals surface area contributed by atoms with Gasteiger partial charge in [0.1, 0.15) is 0 Å². The fourth-order valence-electron chi connectivity index (χ4n) is 3.81. The van der Waals surface area contributed by atoms with Gasteiger partial charge >= 0.3 is 15.5 Å². The number of hydrogen-bond acceptors (Lipinski definition) is 3. The van der Waals surface area contributed by atoms with Crippen molar-refractivity contribution in [3.63, 3.8) is 0 Å². The third kappa shape index (κ3) is 8.04. The lowest BCUT2D eigenvalue weighted by atomic mass is 9.83. The number of aliphatic imine (C=N–C) groups is 1. The molecular weight excluding hydrogens is 520 g/mol. The summed E-state index contributed by atoms with van der Waals surface area (Å²) < 4.78 is 61.4. The van der Waals surface area contributed by atoms with Crippen LogP contribution in [0.15, 0.2) is 4.99 Å². The highest BCUT2D eigenvalue weighted by Crippen LogP contribution is 2.30. The van der Waals surface area contributed by atoms with Crippen molar-refractivity contribution in [2.24, 2.45) is 22.7 Å². The number of hydrogen-bond donors (Lipinski definition) is 2. The van der Waals surface area contributed by atoms with Crippen LogP contribution in [0.25, 0.3) is 0 Å². The van der Waals surface area contributed by atoms with Gasteiger partial charge < -0.3 is 10.6 Å². The van der Waals surface area contributed by atoms with Crippen LogP contribution in [0.4, 0.5) is 13.2 Å². The first-order chi connectivity index (χ1) is 13.1. The third-order valence-corrected chi connectivity index (χ3v) is 7.38. The second-order valence-electron chi connectivity index (χ2n) is 8.02. The van der Waals surface area contributed by atoms with Crippen LogP contribution >= 0.6 is 24.0 Å². The number of nitrogens with one attached hydrogen (secondary N) is 2. The lowest BCUT2D eigenvalue weighted by Gasteiger charge is -2.31. The smallest absolute Gasteiger partial charge is 0.357 e. The van der Waals surface area contributed by atoms with Crippen LogP contribution < -0.4 is 10.6 Å². The molecule has 1 heterocycles. The predicted octanol–water partition coefficient (Wildman–Crippen LogP) is 3.55. The molecule has 0 aromatic heterocycles. The molecular formula is C18H34F3IN4O2S. The molecule has 29 heavy (non-hydrogen) atoms. The summed E-state index contributed by atoms with van der Waals surface area (Å²) in [5.74, 6) is 2.27. The van der Waals surface area contributed by atoms with Gasteiger partial charge in [-0.1, -0.05) is 19.8 Å². The quantitative estimate of drug-likeness (QED) is 0.300. The second-order valence-corrected chi connectivity index (χ2v) is 9.95.